The number of ketones is 1. The lowest BCUT2D eigenvalue weighted by atomic mass is 9.65. The summed E-state index contributed by atoms with van der Waals surface area (Å²) in [5.41, 5.74) is 2.13. The summed E-state index contributed by atoms with van der Waals surface area (Å²) in [6, 6.07) is 6.12. The Morgan fingerprint density at radius 2 is 2.29 bits per heavy atom. The summed E-state index contributed by atoms with van der Waals surface area (Å²) in [5, 5.41) is 3.31. The molecule has 3 heteroatoms. The summed E-state index contributed by atoms with van der Waals surface area (Å²) < 4.78 is 5.27. The van der Waals surface area contributed by atoms with Crippen molar-refractivity contribution in [3.63, 3.8) is 0 Å². The molecule has 17 heavy (non-hydrogen) atoms. The Morgan fingerprint density at radius 1 is 1.47 bits per heavy atom. The van der Waals surface area contributed by atoms with Crippen LogP contribution in [-0.4, -0.2) is 25.5 Å². The number of benzene rings is 1. The fourth-order valence-corrected chi connectivity index (χ4v) is 3.12. The van der Waals surface area contributed by atoms with E-state index in [9.17, 15) is 4.79 Å². The van der Waals surface area contributed by atoms with Gasteiger partial charge in [-0.05, 0) is 49.6 Å². The molecule has 1 aliphatic carbocycles. The summed E-state index contributed by atoms with van der Waals surface area (Å²) in [5.74, 6) is 1.18. The molecule has 1 heterocycles. The topological polar surface area (TPSA) is 38.3 Å². The van der Waals surface area contributed by atoms with Crippen LogP contribution in [0.3, 0.4) is 0 Å². The molecule has 0 amide bonds. The molecule has 1 aliphatic heterocycles. The second kappa shape index (κ2) is 3.57. The predicted molar refractivity (Wildman–Crippen MR) is 65.5 cm³/mol. The van der Waals surface area contributed by atoms with Gasteiger partial charge in [0.05, 0.1) is 18.6 Å². The molecule has 1 N–H and O–H groups in total. The summed E-state index contributed by atoms with van der Waals surface area (Å²) in [7, 11) is 1.67. The van der Waals surface area contributed by atoms with E-state index < -0.39 is 0 Å². The van der Waals surface area contributed by atoms with Crippen LogP contribution in [0.2, 0.25) is 0 Å². The maximum atomic E-state index is 12.4. The van der Waals surface area contributed by atoms with Crippen LogP contribution >= 0.6 is 0 Å². The average Bonchev–Trinajstić information content (AvgIpc) is 2.33. The lowest BCUT2D eigenvalue weighted by molar-refractivity contribution is -0.128. The van der Waals surface area contributed by atoms with Gasteiger partial charge in [-0.25, -0.2) is 0 Å². The van der Waals surface area contributed by atoms with Gasteiger partial charge in [0, 0.05) is 0 Å². The van der Waals surface area contributed by atoms with Crippen molar-refractivity contribution >= 4 is 5.78 Å². The molecule has 2 bridgehead atoms. The smallest absolute Gasteiger partial charge is 0.160 e. The van der Waals surface area contributed by atoms with Crippen LogP contribution in [0.15, 0.2) is 18.2 Å². The van der Waals surface area contributed by atoms with Gasteiger partial charge in [-0.1, -0.05) is 6.07 Å². The number of methoxy groups -OCH3 is 1. The molecule has 2 unspecified atom stereocenters. The van der Waals surface area contributed by atoms with Crippen molar-refractivity contribution in [2.75, 3.05) is 13.7 Å². The first kappa shape index (κ1) is 10.8. The summed E-state index contributed by atoms with van der Waals surface area (Å²) in [4.78, 5) is 12.4. The fraction of sp³-hybridized carbons (Fsp3) is 0.500. The normalized spacial score (nSPS) is 30.9. The van der Waals surface area contributed by atoms with Gasteiger partial charge in [0.15, 0.2) is 5.78 Å². The number of rotatable bonds is 1. The molecule has 0 spiro atoms. The van der Waals surface area contributed by atoms with Crippen LogP contribution in [-0.2, 0) is 16.6 Å². The Labute approximate surface area is 101 Å². The monoisotopic (exact) mass is 231 g/mol. The first-order valence-corrected chi connectivity index (χ1v) is 6.10. The van der Waals surface area contributed by atoms with Gasteiger partial charge in [-0.2, -0.15) is 0 Å². The summed E-state index contributed by atoms with van der Waals surface area (Å²) >= 11 is 0. The van der Waals surface area contributed by atoms with Gasteiger partial charge in [0.1, 0.15) is 5.75 Å². The van der Waals surface area contributed by atoms with Crippen molar-refractivity contribution < 1.29 is 9.53 Å². The Bertz CT molecular complexity index is 483. The molecule has 0 radical (unpaired) electrons. The Morgan fingerprint density at radius 3 is 3.06 bits per heavy atom. The zero-order chi connectivity index (χ0) is 12.0. The molecule has 1 saturated heterocycles. The van der Waals surface area contributed by atoms with Gasteiger partial charge in [0.25, 0.3) is 0 Å². The van der Waals surface area contributed by atoms with E-state index in [-0.39, 0.29) is 11.5 Å². The number of nitrogens with one attached hydrogen (secondary N) is 1. The number of ether oxygens (including phenoxy) is 1. The molecule has 2 atom stereocenters. The molecular weight excluding hydrogens is 214 g/mol. The van der Waals surface area contributed by atoms with Crippen molar-refractivity contribution in [1.82, 2.24) is 5.32 Å². The number of fused-ring (bicyclic) bond motifs is 4. The maximum absolute atomic E-state index is 12.4. The van der Waals surface area contributed by atoms with Gasteiger partial charge < -0.3 is 10.1 Å². The number of piperidine rings is 1. The quantitative estimate of drug-likeness (QED) is 0.795. The largest absolute Gasteiger partial charge is 0.497 e. The van der Waals surface area contributed by atoms with Crippen molar-refractivity contribution in [2.24, 2.45) is 0 Å². The van der Waals surface area contributed by atoms with Crippen LogP contribution in [0.5, 0.6) is 5.75 Å². The minimum Gasteiger partial charge on any atom is -0.497 e. The zero-order valence-electron chi connectivity index (χ0n) is 10.2. The van der Waals surface area contributed by atoms with Gasteiger partial charge in [-0.15, -0.1) is 0 Å². The van der Waals surface area contributed by atoms with Crippen molar-refractivity contribution in [3.05, 3.63) is 29.3 Å². The van der Waals surface area contributed by atoms with Crippen LogP contribution < -0.4 is 10.1 Å². The van der Waals surface area contributed by atoms with Gasteiger partial charge in [0.2, 0.25) is 0 Å². The average molecular weight is 231 g/mol. The fourth-order valence-electron chi connectivity index (χ4n) is 3.12. The minimum atomic E-state index is -0.321. The molecule has 1 aromatic rings. The highest BCUT2D eigenvalue weighted by Crippen LogP contribution is 2.40. The number of Topliss-reactive ketones (excluding diaryl/α,β-unsaturated/α-hetero) is 1. The zero-order valence-corrected chi connectivity index (χ0v) is 10.2. The molecule has 1 fully saturated rings. The highest BCUT2D eigenvalue weighted by Gasteiger charge is 2.46. The van der Waals surface area contributed by atoms with E-state index in [1.807, 2.05) is 12.1 Å². The molecular formula is C14H17NO2. The van der Waals surface area contributed by atoms with Crippen LogP contribution in [0.4, 0.5) is 0 Å². The van der Waals surface area contributed by atoms with Crippen molar-refractivity contribution in [3.8, 4) is 5.75 Å². The molecule has 90 valence electrons. The highest BCUT2D eigenvalue weighted by molar-refractivity contribution is 5.97. The molecule has 3 rings (SSSR count). The van der Waals surface area contributed by atoms with Crippen molar-refractivity contribution in [2.45, 2.75) is 31.2 Å². The Hall–Kier alpha value is -1.35. The Kier molecular flexibility index (Phi) is 2.26. The minimum absolute atomic E-state index is 0.00893. The second-order valence-electron chi connectivity index (χ2n) is 5.18. The van der Waals surface area contributed by atoms with Crippen molar-refractivity contribution in [1.29, 1.82) is 0 Å². The lowest BCUT2D eigenvalue weighted by Gasteiger charge is -2.43. The third-order valence-electron chi connectivity index (χ3n) is 4.21. The van der Waals surface area contributed by atoms with E-state index in [0.717, 1.165) is 25.1 Å². The van der Waals surface area contributed by atoms with Crippen LogP contribution in [0.25, 0.3) is 0 Å². The number of carbonyl (C=O) groups excluding carboxylic acids is 1. The van der Waals surface area contributed by atoms with E-state index in [2.05, 4.69) is 18.3 Å². The van der Waals surface area contributed by atoms with Crippen LogP contribution in [0.1, 0.15) is 24.5 Å². The van der Waals surface area contributed by atoms with E-state index in [4.69, 9.17) is 4.74 Å². The molecule has 0 saturated carbocycles. The molecule has 3 nitrogen and oxygen atoms in total. The predicted octanol–water partition coefficient (Wildman–Crippen LogP) is 1.44. The van der Waals surface area contributed by atoms with Crippen LogP contribution in [0, 0.1) is 0 Å². The maximum Gasteiger partial charge on any atom is 0.160 e. The highest BCUT2D eigenvalue weighted by atomic mass is 16.5. The third kappa shape index (κ3) is 1.42. The van der Waals surface area contributed by atoms with E-state index >= 15 is 0 Å². The van der Waals surface area contributed by atoms with E-state index in [0.29, 0.717) is 5.78 Å². The van der Waals surface area contributed by atoms with Gasteiger partial charge >= 0.3 is 0 Å². The standard InChI is InChI=1S/C14H17NO2/c1-14-5-6-15-12(13(14)16)7-9-3-4-10(17-2)8-11(9)14/h3-4,8,12,15H,5-7H2,1-2H3. The SMILES string of the molecule is COc1ccc2c(c1)C1(C)CCNC(C2)C1=O. The second-order valence-corrected chi connectivity index (χ2v) is 5.18. The Balaban J connectivity index is 2.17. The first-order chi connectivity index (χ1) is 8.15. The lowest BCUT2D eigenvalue weighted by Crippen LogP contribution is -2.57. The summed E-state index contributed by atoms with van der Waals surface area (Å²) in [6.45, 7) is 2.99. The summed E-state index contributed by atoms with van der Waals surface area (Å²) in [6.07, 6.45) is 1.69. The molecule has 2 aliphatic rings. The third-order valence-corrected chi connectivity index (χ3v) is 4.21. The van der Waals surface area contributed by atoms with Gasteiger partial charge in [-0.3, -0.25) is 4.79 Å². The molecule has 0 aromatic heterocycles. The first-order valence-electron chi connectivity index (χ1n) is 6.10. The molecule has 1 aromatic carbocycles. The number of hydrogen-bond donors (Lipinski definition) is 1. The number of carbonyl (C=O) groups is 1. The van der Waals surface area contributed by atoms with E-state index in [1.54, 1.807) is 7.11 Å². The van der Waals surface area contributed by atoms with E-state index in [1.165, 1.54) is 11.1 Å². The number of hydrogen-bond acceptors (Lipinski definition) is 3.